The van der Waals surface area contributed by atoms with E-state index in [2.05, 4.69) is 15.9 Å². The van der Waals surface area contributed by atoms with Gasteiger partial charge in [0.25, 0.3) is 0 Å². The molecule has 1 atom stereocenters. The smallest absolute Gasteiger partial charge is 0.0801 e. The molecular formula is C11H15BrO2. The first kappa shape index (κ1) is 11.7. The highest BCUT2D eigenvalue weighted by molar-refractivity contribution is 9.10. The molecule has 2 nitrogen and oxygen atoms in total. The van der Waals surface area contributed by atoms with Crippen molar-refractivity contribution in [1.29, 1.82) is 0 Å². The van der Waals surface area contributed by atoms with Gasteiger partial charge in [0.2, 0.25) is 0 Å². The molecule has 0 aliphatic rings. The maximum atomic E-state index is 9.82. The fourth-order valence-corrected chi connectivity index (χ4v) is 1.90. The number of hydrogen-bond donors (Lipinski definition) is 2. The van der Waals surface area contributed by atoms with Crippen LogP contribution in [0.1, 0.15) is 30.9 Å². The van der Waals surface area contributed by atoms with Crippen LogP contribution in [0.3, 0.4) is 0 Å². The standard InChI is InChI=1S/C11H15BrO2/c12-10-6-2-1-5-9(10)11(14)7-3-4-8-13/h1-2,5-6,11,13-14H,3-4,7-8H2. The molecule has 1 aromatic rings. The summed E-state index contributed by atoms with van der Waals surface area (Å²) in [4.78, 5) is 0. The van der Waals surface area contributed by atoms with Crippen molar-refractivity contribution in [1.82, 2.24) is 0 Å². The highest BCUT2D eigenvalue weighted by Gasteiger charge is 2.09. The highest BCUT2D eigenvalue weighted by atomic mass is 79.9. The van der Waals surface area contributed by atoms with Gasteiger partial charge in [0.05, 0.1) is 6.10 Å². The van der Waals surface area contributed by atoms with E-state index in [-0.39, 0.29) is 6.61 Å². The monoisotopic (exact) mass is 258 g/mol. The number of benzene rings is 1. The number of rotatable bonds is 5. The van der Waals surface area contributed by atoms with Gasteiger partial charge in [-0.25, -0.2) is 0 Å². The first-order valence-electron chi connectivity index (χ1n) is 4.79. The molecule has 3 heteroatoms. The summed E-state index contributed by atoms with van der Waals surface area (Å²) >= 11 is 3.40. The van der Waals surface area contributed by atoms with Crippen molar-refractivity contribution < 1.29 is 10.2 Å². The SMILES string of the molecule is OCCCCC(O)c1ccccc1Br. The zero-order valence-corrected chi connectivity index (χ0v) is 9.57. The molecule has 1 aromatic carbocycles. The lowest BCUT2D eigenvalue weighted by atomic mass is 10.0. The summed E-state index contributed by atoms with van der Waals surface area (Å²) in [6, 6.07) is 7.67. The number of aliphatic hydroxyl groups is 2. The van der Waals surface area contributed by atoms with Crippen LogP contribution in [0.15, 0.2) is 28.7 Å². The van der Waals surface area contributed by atoms with Crippen LogP contribution in [0, 0.1) is 0 Å². The van der Waals surface area contributed by atoms with Crippen LogP contribution in [0.2, 0.25) is 0 Å². The molecule has 1 unspecified atom stereocenters. The Morgan fingerprint density at radius 2 is 1.93 bits per heavy atom. The van der Waals surface area contributed by atoms with Crippen molar-refractivity contribution in [2.75, 3.05) is 6.61 Å². The number of hydrogen-bond acceptors (Lipinski definition) is 2. The third-order valence-corrected chi connectivity index (χ3v) is 2.87. The summed E-state index contributed by atoms with van der Waals surface area (Å²) < 4.78 is 0.941. The quantitative estimate of drug-likeness (QED) is 0.798. The minimum Gasteiger partial charge on any atom is -0.396 e. The third-order valence-electron chi connectivity index (χ3n) is 2.15. The topological polar surface area (TPSA) is 40.5 Å². The summed E-state index contributed by atoms with van der Waals surface area (Å²) in [7, 11) is 0. The second-order valence-electron chi connectivity index (χ2n) is 3.26. The second-order valence-corrected chi connectivity index (χ2v) is 4.11. The normalized spacial score (nSPS) is 12.8. The van der Waals surface area contributed by atoms with E-state index in [0.29, 0.717) is 6.42 Å². The van der Waals surface area contributed by atoms with E-state index in [9.17, 15) is 5.11 Å². The predicted octanol–water partition coefficient (Wildman–Crippen LogP) is 2.65. The van der Waals surface area contributed by atoms with E-state index >= 15 is 0 Å². The van der Waals surface area contributed by atoms with Crippen LogP contribution < -0.4 is 0 Å². The van der Waals surface area contributed by atoms with E-state index in [1.54, 1.807) is 0 Å². The number of aliphatic hydroxyl groups excluding tert-OH is 2. The number of halogens is 1. The lowest BCUT2D eigenvalue weighted by Crippen LogP contribution is -1.98. The first-order valence-corrected chi connectivity index (χ1v) is 5.58. The summed E-state index contributed by atoms with van der Waals surface area (Å²) in [5.74, 6) is 0. The maximum Gasteiger partial charge on any atom is 0.0801 e. The average molecular weight is 259 g/mol. The molecule has 2 N–H and O–H groups in total. The van der Waals surface area contributed by atoms with Crippen molar-refractivity contribution >= 4 is 15.9 Å². The minimum absolute atomic E-state index is 0.197. The lowest BCUT2D eigenvalue weighted by molar-refractivity contribution is 0.159. The summed E-state index contributed by atoms with van der Waals surface area (Å²) in [6.45, 7) is 0.197. The van der Waals surface area contributed by atoms with E-state index in [4.69, 9.17) is 5.11 Å². The highest BCUT2D eigenvalue weighted by Crippen LogP contribution is 2.26. The molecule has 0 heterocycles. The van der Waals surface area contributed by atoms with Gasteiger partial charge < -0.3 is 10.2 Å². The van der Waals surface area contributed by atoms with E-state index < -0.39 is 6.10 Å². The van der Waals surface area contributed by atoms with Crippen molar-refractivity contribution in [2.24, 2.45) is 0 Å². The fraction of sp³-hybridized carbons (Fsp3) is 0.455. The van der Waals surface area contributed by atoms with Crippen molar-refractivity contribution in [3.05, 3.63) is 34.3 Å². The van der Waals surface area contributed by atoms with Crippen LogP contribution >= 0.6 is 15.9 Å². The summed E-state index contributed by atoms with van der Waals surface area (Å²) in [5.41, 5.74) is 0.922. The van der Waals surface area contributed by atoms with Gasteiger partial charge in [-0.1, -0.05) is 34.1 Å². The Morgan fingerprint density at radius 1 is 1.21 bits per heavy atom. The van der Waals surface area contributed by atoms with E-state index in [0.717, 1.165) is 22.9 Å². The Balaban J connectivity index is 2.51. The lowest BCUT2D eigenvalue weighted by Gasteiger charge is -2.11. The molecule has 0 saturated carbocycles. The Morgan fingerprint density at radius 3 is 2.57 bits per heavy atom. The molecule has 0 radical (unpaired) electrons. The second kappa shape index (κ2) is 6.17. The zero-order valence-electron chi connectivity index (χ0n) is 7.99. The molecule has 0 amide bonds. The van der Waals surface area contributed by atoms with Gasteiger partial charge in [0, 0.05) is 11.1 Å². The van der Waals surface area contributed by atoms with Gasteiger partial charge in [0.15, 0.2) is 0 Å². The molecular weight excluding hydrogens is 244 g/mol. The fourth-order valence-electron chi connectivity index (χ4n) is 1.35. The van der Waals surface area contributed by atoms with E-state index in [1.165, 1.54) is 0 Å². The molecule has 0 bridgehead atoms. The molecule has 0 aromatic heterocycles. The van der Waals surface area contributed by atoms with Crippen LogP contribution in [0.4, 0.5) is 0 Å². The van der Waals surface area contributed by atoms with Crippen LogP contribution in [-0.4, -0.2) is 16.8 Å². The van der Waals surface area contributed by atoms with Gasteiger partial charge in [-0.3, -0.25) is 0 Å². The molecule has 78 valence electrons. The minimum atomic E-state index is -0.433. The Labute approximate surface area is 92.7 Å². The Kier molecular flexibility index (Phi) is 5.15. The summed E-state index contributed by atoms with van der Waals surface area (Å²) in [5, 5.41) is 18.4. The third kappa shape index (κ3) is 3.40. The van der Waals surface area contributed by atoms with Gasteiger partial charge >= 0.3 is 0 Å². The van der Waals surface area contributed by atoms with Crippen LogP contribution in [0.5, 0.6) is 0 Å². The molecule has 0 saturated heterocycles. The Hall–Kier alpha value is -0.380. The molecule has 0 aliphatic carbocycles. The van der Waals surface area contributed by atoms with Gasteiger partial charge in [-0.15, -0.1) is 0 Å². The van der Waals surface area contributed by atoms with E-state index in [1.807, 2.05) is 24.3 Å². The van der Waals surface area contributed by atoms with Gasteiger partial charge in [-0.05, 0) is 30.9 Å². The van der Waals surface area contributed by atoms with Gasteiger partial charge in [-0.2, -0.15) is 0 Å². The first-order chi connectivity index (χ1) is 6.75. The molecule has 14 heavy (non-hydrogen) atoms. The van der Waals surface area contributed by atoms with Gasteiger partial charge in [0.1, 0.15) is 0 Å². The molecule has 0 aliphatic heterocycles. The summed E-state index contributed by atoms with van der Waals surface area (Å²) in [6.07, 6.45) is 1.86. The zero-order chi connectivity index (χ0) is 10.4. The van der Waals surface area contributed by atoms with Crippen molar-refractivity contribution in [3.8, 4) is 0 Å². The number of unbranched alkanes of at least 4 members (excludes halogenated alkanes) is 1. The molecule has 0 fully saturated rings. The Bertz CT molecular complexity index is 276. The van der Waals surface area contributed by atoms with Crippen molar-refractivity contribution in [3.63, 3.8) is 0 Å². The molecule has 0 spiro atoms. The average Bonchev–Trinajstić information content (AvgIpc) is 2.18. The van der Waals surface area contributed by atoms with Crippen LogP contribution in [-0.2, 0) is 0 Å². The van der Waals surface area contributed by atoms with Crippen molar-refractivity contribution in [2.45, 2.75) is 25.4 Å². The predicted molar refractivity (Wildman–Crippen MR) is 60.0 cm³/mol. The maximum absolute atomic E-state index is 9.82. The largest absolute Gasteiger partial charge is 0.396 e. The van der Waals surface area contributed by atoms with Crippen LogP contribution in [0.25, 0.3) is 0 Å². The molecule has 1 rings (SSSR count).